The molecular formula is C19H18F2N2O4. The van der Waals surface area contributed by atoms with Crippen LogP contribution in [-0.4, -0.2) is 41.2 Å². The zero-order valence-electron chi connectivity index (χ0n) is 14.5. The van der Waals surface area contributed by atoms with E-state index < -0.39 is 35.2 Å². The number of carbonyl (C=O) groups excluding carboxylic acids is 2. The number of rotatable bonds is 6. The molecule has 2 atom stereocenters. The van der Waals surface area contributed by atoms with Crippen LogP contribution in [0, 0.1) is 11.6 Å². The summed E-state index contributed by atoms with van der Waals surface area (Å²) in [5.41, 5.74) is -1.54. The zero-order chi connectivity index (χ0) is 19.6. The van der Waals surface area contributed by atoms with Gasteiger partial charge in [0, 0.05) is 5.56 Å². The third kappa shape index (κ3) is 3.61. The van der Waals surface area contributed by atoms with Crippen LogP contribution in [0.5, 0.6) is 5.75 Å². The highest BCUT2D eigenvalue weighted by atomic mass is 19.1. The molecule has 8 heteroatoms. The number of hydrogen-bond acceptors (Lipinski definition) is 4. The summed E-state index contributed by atoms with van der Waals surface area (Å²) in [6.07, 6.45) is -1.25. The van der Waals surface area contributed by atoms with Gasteiger partial charge in [-0.3, -0.25) is 9.69 Å². The van der Waals surface area contributed by atoms with E-state index in [1.807, 2.05) is 0 Å². The Morgan fingerprint density at radius 1 is 1.11 bits per heavy atom. The molecule has 2 N–H and O–H groups in total. The molecule has 0 bridgehead atoms. The number of amides is 3. The maximum Gasteiger partial charge on any atom is 0.325 e. The van der Waals surface area contributed by atoms with E-state index in [1.165, 1.54) is 43.3 Å². The van der Waals surface area contributed by atoms with E-state index in [1.54, 1.807) is 12.1 Å². The van der Waals surface area contributed by atoms with E-state index in [0.717, 1.165) is 4.90 Å². The molecular weight excluding hydrogens is 358 g/mol. The number of halogens is 2. The minimum atomic E-state index is -1.57. The molecule has 0 aromatic heterocycles. The van der Waals surface area contributed by atoms with E-state index in [9.17, 15) is 23.5 Å². The van der Waals surface area contributed by atoms with Gasteiger partial charge >= 0.3 is 6.03 Å². The van der Waals surface area contributed by atoms with Gasteiger partial charge in [-0.25, -0.2) is 13.6 Å². The topological polar surface area (TPSA) is 78.9 Å². The predicted octanol–water partition coefficient (Wildman–Crippen LogP) is 2.17. The Morgan fingerprint density at radius 3 is 2.41 bits per heavy atom. The van der Waals surface area contributed by atoms with Gasteiger partial charge in [0.05, 0.1) is 6.54 Å². The predicted molar refractivity (Wildman–Crippen MR) is 91.9 cm³/mol. The molecule has 27 heavy (non-hydrogen) atoms. The van der Waals surface area contributed by atoms with Gasteiger partial charge in [0.25, 0.3) is 5.91 Å². The fourth-order valence-electron chi connectivity index (χ4n) is 2.92. The van der Waals surface area contributed by atoms with Crippen molar-refractivity contribution in [2.24, 2.45) is 0 Å². The van der Waals surface area contributed by atoms with Crippen LogP contribution in [0.3, 0.4) is 0 Å². The number of imide groups is 1. The molecule has 1 saturated heterocycles. The van der Waals surface area contributed by atoms with Crippen molar-refractivity contribution >= 4 is 11.9 Å². The second-order valence-corrected chi connectivity index (χ2v) is 6.35. The number of carbonyl (C=O) groups is 2. The molecule has 1 aliphatic heterocycles. The molecule has 1 fully saturated rings. The molecule has 1 heterocycles. The summed E-state index contributed by atoms with van der Waals surface area (Å²) in [5, 5.41) is 12.6. The monoisotopic (exact) mass is 376 g/mol. The third-order valence-electron chi connectivity index (χ3n) is 4.35. The smallest absolute Gasteiger partial charge is 0.325 e. The molecule has 142 valence electrons. The summed E-state index contributed by atoms with van der Waals surface area (Å²) in [4.78, 5) is 25.7. The zero-order valence-corrected chi connectivity index (χ0v) is 14.5. The Labute approximate surface area is 154 Å². The Morgan fingerprint density at radius 2 is 1.74 bits per heavy atom. The van der Waals surface area contributed by atoms with Crippen LogP contribution in [0.25, 0.3) is 0 Å². The number of hydrogen-bond donors (Lipinski definition) is 2. The standard InChI is InChI=1S/C19H18F2N2O4/c1-19(13-6-2-3-7-14(13)20)17(25)23(18(26)22-19)10-12(24)11-27-16-9-5-4-8-15(16)21/h2-9,12,24H,10-11H2,1H3,(H,22,26). The van der Waals surface area contributed by atoms with Crippen LogP contribution in [-0.2, 0) is 10.3 Å². The molecule has 3 amide bonds. The van der Waals surface area contributed by atoms with Crippen molar-refractivity contribution in [2.45, 2.75) is 18.6 Å². The van der Waals surface area contributed by atoms with Gasteiger partial charge in [-0.2, -0.15) is 0 Å². The van der Waals surface area contributed by atoms with E-state index >= 15 is 0 Å². The number of benzene rings is 2. The van der Waals surface area contributed by atoms with Gasteiger partial charge in [-0.1, -0.05) is 30.3 Å². The van der Waals surface area contributed by atoms with Gasteiger partial charge in [0.1, 0.15) is 24.1 Å². The Kier molecular flexibility index (Phi) is 5.09. The Hall–Kier alpha value is -3.00. The van der Waals surface area contributed by atoms with Gasteiger partial charge in [-0.15, -0.1) is 0 Å². The second-order valence-electron chi connectivity index (χ2n) is 6.35. The van der Waals surface area contributed by atoms with Crippen molar-refractivity contribution in [3.63, 3.8) is 0 Å². The summed E-state index contributed by atoms with van der Waals surface area (Å²) in [7, 11) is 0. The van der Waals surface area contributed by atoms with E-state index in [4.69, 9.17) is 4.74 Å². The number of urea groups is 1. The van der Waals surface area contributed by atoms with E-state index in [2.05, 4.69) is 5.32 Å². The molecule has 2 unspecified atom stereocenters. The summed E-state index contributed by atoms with van der Waals surface area (Å²) < 4.78 is 32.8. The number of para-hydroxylation sites is 1. The van der Waals surface area contributed by atoms with Crippen molar-refractivity contribution in [3.8, 4) is 5.75 Å². The highest BCUT2D eigenvalue weighted by Crippen LogP contribution is 2.30. The fourth-order valence-corrected chi connectivity index (χ4v) is 2.92. The van der Waals surface area contributed by atoms with Crippen molar-refractivity contribution in [1.82, 2.24) is 10.2 Å². The van der Waals surface area contributed by atoms with Crippen molar-refractivity contribution in [1.29, 1.82) is 0 Å². The lowest BCUT2D eigenvalue weighted by Gasteiger charge is -2.23. The van der Waals surface area contributed by atoms with Crippen LogP contribution < -0.4 is 10.1 Å². The highest BCUT2D eigenvalue weighted by Gasteiger charge is 2.50. The van der Waals surface area contributed by atoms with Crippen molar-refractivity contribution in [3.05, 3.63) is 65.7 Å². The van der Waals surface area contributed by atoms with Gasteiger partial charge < -0.3 is 15.2 Å². The van der Waals surface area contributed by atoms with Crippen LogP contribution in [0.2, 0.25) is 0 Å². The average molecular weight is 376 g/mol. The molecule has 0 saturated carbocycles. The largest absolute Gasteiger partial charge is 0.488 e. The molecule has 0 aliphatic carbocycles. The van der Waals surface area contributed by atoms with E-state index in [-0.39, 0.29) is 24.5 Å². The average Bonchev–Trinajstić information content (AvgIpc) is 2.85. The second kappa shape index (κ2) is 7.32. The third-order valence-corrected chi connectivity index (χ3v) is 4.35. The number of nitrogens with one attached hydrogen (secondary N) is 1. The minimum Gasteiger partial charge on any atom is -0.488 e. The lowest BCUT2D eigenvalue weighted by molar-refractivity contribution is -0.132. The first kappa shape index (κ1) is 18.8. The van der Waals surface area contributed by atoms with E-state index in [0.29, 0.717) is 0 Å². The molecule has 0 radical (unpaired) electrons. The lowest BCUT2D eigenvalue weighted by Crippen LogP contribution is -2.43. The summed E-state index contributed by atoms with van der Waals surface area (Å²) in [6, 6.07) is 10.6. The highest BCUT2D eigenvalue weighted by molar-refractivity contribution is 6.07. The summed E-state index contributed by atoms with van der Waals surface area (Å²) in [6.45, 7) is 0.700. The van der Waals surface area contributed by atoms with Gasteiger partial charge in [0.15, 0.2) is 11.6 Å². The number of ether oxygens (including phenoxy) is 1. The number of nitrogens with zero attached hydrogens (tertiary/aromatic N) is 1. The first-order chi connectivity index (χ1) is 12.8. The summed E-state index contributed by atoms with van der Waals surface area (Å²) >= 11 is 0. The molecule has 1 aliphatic rings. The number of β-amino-alcohol motifs (C(OH)–C–C–N with tert-alkyl or cyclic N) is 1. The first-order valence-corrected chi connectivity index (χ1v) is 8.27. The molecule has 3 rings (SSSR count). The van der Waals surface area contributed by atoms with Crippen molar-refractivity contribution < 1.29 is 28.2 Å². The molecule has 0 spiro atoms. The van der Waals surface area contributed by atoms with Crippen molar-refractivity contribution in [2.75, 3.05) is 13.2 Å². The minimum absolute atomic E-state index is 0.0305. The first-order valence-electron chi connectivity index (χ1n) is 8.27. The molecule has 2 aromatic rings. The quantitative estimate of drug-likeness (QED) is 0.758. The van der Waals surface area contributed by atoms with Crippen LogP contribution in [0.4, 0.5) is 13.6 Å². The lowest BCUT2D eigenvalue weighted by atomic mass is 9.91. The molecule has 6 nitrogen and oxygen atoms in total. The Bertz CT molecular complexity index is 876. The van der Waals surface area contributed by atoms with Gasteiger partial charge in [-0.05, 0) is 25.1 Å². The fraction of sp³-hybridized carbons (Fsp3) is 0.263. The normalized spacial score (nSPS) is 20.5. The number of aliphatic hydroxyl groups is 1. The van der Waals surface area contributed by atoms with Gasteiger partial charge in [0.2, 0.25) is 0 Å². The Balaban J connectivity index is 1.69. The number of aliphatic hydroxyl groups excluding tert-OH is 1. The van der Waals surface area contributed by atoms with Crippen LogP contribution in [0.1, 0.15) is 12.5 Å². The van der Waals surface area contributed by atoms with Crippen LogP contribution in [0.15, 0.2) is 48.5 Å². The van der Waals surface area contributed by atoms with Crippen LogP contribution >= 0.6 is 0 Å². The maximum atomic E-state index is 14.1. The SMILES string of the molecule is CC1(c2ccccc2F)NC(=O)N(CC(O)COc2ccccc2F)C1=O. The summed E-state index contributed by atoms with van der Waals surface area (Å²) in [5.74, 6) is -1.96. The molecule has 2 aromatic carbocycles. The maximum absolute atomic E-state index is 14.1.